The first-order valence-corrected chi connectivity index (χ1v) is 9.31. The minimum Gasteiger partial charge on any atom is -0.366 e. The van der Waals surface area contributed by atoms with Crippen LogP contribution >= 0.6 is 12.4 Å². The Kier molecular flexibility index (Phi) is 7.95. The standard InChI is InChI=1S/C22H29NO.ClH/c1-2-24-22(20-9-5-3-6-10-20,21-11-7-4-8-12-21)16-18-23-17-15-19-13-14-19;/h3-12,19,23H,2,13-18H2,1H3;1H. The Morgan fingerprint density at radius 2 is 1.48 bits per heavy atom. The van der Waals surface area contributed by atoms with Gasteiger partial charge in [-0.1, -0.05) is 73.5 Å². The van der Waals surface area contributed by atoms with Gasteiger partial charge in [-0.15, -0.1) is 12.4 Å². The van der Waals surface area contributed by atoms with Crippen molar-refractivity contribution in [2.24, 2.45) is 5.92 Å². The molecule has 0 heterocycles. The lowest BCUT2D eigenvalue weighted by atomic mass is 9.83. The van der Waals surface area contributed by atoms with E-state index >= 15 is 0 Å². The van der Waals surface area contributed by atoms with Gasteiger partial charge in [0.25, 0.3) is 0 Å². The Morgan fingerprint density at radius 3 is 1.96 bits per heavy atom. The molecule has 2 aromatic rings. The Bertz CT molecular complexity index is 558. The lowest BCUT2D eigenvalue weighted by Gasteiger charge is -2.35. The lowest BCUT2D eigenvalue weighted by molar-refractivity contribution is -0.0172. The van der Waals surface area contributed by atoms with Crippen molar-refractivity contribution in [2.75, 3.05) is 19.7 Å². The second kappa shape index (κ2) is 9.96. The molecule has 2 nitrogen and oxygen atoms in total. The molecule has 0 aromatic heterocycles. The second-order valence-electron chi connectivity index (χ2n) is 6.72. The molecular formula is C22H30ClNO. The van der Waals surface area contributed by atoms with Gasteiger partial charge in [-0.3, -0.25) is 0 Å². The summed E-state index contributed by atoms with van der Waals surface area (Å²) in [5.74, 6) is 0.984. The fourth-order valence-electron chi connectivity index (χ4n) is 3.46. The minimum absolute atomic E-state index is 0. The molecule has 0 saturated heterocycles. The summed E-state index contributed by atoms with van der Waals surface area (Å²) in [6.45, 7) is 4.87. The predicted octanol–water partition coefficient (Wildman–Crippen LogP) is 5.17. The molecule has 0 radical (unpaired) electrons. The molecule has 2 aromatic carbocycles. The molecule has 1 aliphatic carbocycles. The quantitative estimate of drug-likeness (QED) is 0.591. The molecule has 1 N–H and O–H groups in total. The maximum Gasteiger partial charge on any atom is 0.119 e. The summed E-state index contributed by atoms with van der Waals surface area (Å²) in [6.07, 6.45) is 5.12. The van der Waals surface area contributed by atoms with Crippen LogP contribution in [-0.2, 0) is 10.3 Å². The summed E-state index contributed by atoms with van der Waals surface area (Å²) in [5, 5.41) is 3.63. The molecule has 1 aliphatic rings. The van der Waals surface area contributed by atoms with E-state index in [1.165, 1.54) is 30.4 Å². The van der Waals surface area contributed by atoms with E-state index in [1.54, 1.807) is 0 Å². The van der Waals surface area contributed by atoms with E-state index in [1.807, 2.05) is 0 Å². The topological polar surface area (TPSA) is 21.3 Å². The van der Waals surface area contributed by atoms with Crippen LogP contribution in [0, 0.1) is 5.92 Å². The third-order valence-corrected chi connectivity index (χ3v) is 4.95. The third-order valence-electron chi connectivity index (χ3n) is 4.95. The molecule has 0 aliphatic heterocycles. The van der Waals surface area contributed by atoms with Gasteiger partial charge in [0.05, 0.1) is 0 Å². The molecule has 25 heavy (non-hydrogen) atoms. The highest BCUT2D eigenvalue weighted by atomic mass is 35.5. The highest BCUT2D eigenvalue weighted by molar-refractivity contribution is 5.85. The maximum absolute atomic E-state index is 6.40. The Morgan fingerprint density at radius 1 is 0.920 bits per heavy atom. The van der Waals surface area contributed by atoms with Gasteiger partial charge >= 0.3 is 0 Å². The van der Waals surface area contributed by atoms with Crippen molar-refractivity contribution >= 4 is 12.4 Å². The number of rotatable bonds is 10. The highest BCUT2D eigenvalue weighted by Crippen LogP contribution is 2.37. The number of hydrogen-bond acceptors (Lipinski definition) is 2. The molecule has 0 spiro atoms. The maximum atomic E-state index is 6.40. The number of benzene rings is 2. The Hall–Kier alpha value is -1.35. The molecule has 1 saturated carbocycles. The fraction of sp³-hybridized carbons (Fsp3) is 0.455. The van der Waals surface area contributed by atoms with Gasteiger partial charge in [0.15, 0.2) is 0 Å². The molecule has 1 fully saturated rings. The summed E-state index contributed by atoms with van der Waals surface area (Å²) in [4.78, 5) is 0. The summed E-state index contributed by atoms with van der Waals surface area (Å²) in [5.41, 5.74) is 2.10. The number of nitrogens with one attached hydrogen (secondary N) is 1. The molecule has 0 bridgehead atoms. The Balaban J connectivity index is 0.00000225. The van der Waals surface area contributed by atoms with Crippen LogP contribution in [0.15, 0.2) is 60.7 Å². The third kappa shape index (κ3) is 5.31. The van der Waals surface area contributed by atoms with Crippen molar-refractivity contribution < 1.29 is 4.74 Å². The van der Waals surface area contributed by atoms with Crippen LogP contribution in [0.2, 0.25) is 0 Å². The van der Waals surface area contributed by atoms with Gasteiger partial charge < -0.3 is 10.1 Å². The largest absolute Gasteiger partial charge is 0.366 e. The summed E-state index contributed by atoms with van der Waals surface area (Å²) < 4.78 is 6.40. The molecule has 0 amide bonds. The number of halogens is 1. The zero-order chi connectivity index (χ0) is 16.7. The van der Waals surface area contributed by atoms with E-state index in [4.69, 9.17) is 4.74 Å². The summed E-state index contributed by atoms with van der Waals surface area (Å²) in [7, 11) is 0. The van der Waals surface area contributed by atoms with Crippen LogP contribution in [-0.4, -0.2) is 19.7 Å². The molecule has 3 heteroatoms. The number of hydrogen-bond donors (Lipinski definition) is 1. The van der Waals surface area contributed by atoms with E-state index in [9.17, 15) is 0 Å². The summed E-state index contributed by atoms with van der Waals surface area (Å²) in [6, 6.07) is 21.3. The van der Waals surface area contributed by atoms with Crippen molar-refractivity contribution in [2.45, 2.75) is 38.2 Å². The van der Waals surface area contributed by atoms with Gasteiger partial charge in [0.2, 0.25) is 0 Å². The highest BCUT2D eigenvalue weighted by Gasteiger charge is 2.34. The van der Waals surface area contributed by atoms with Crippen LogP contribution in [0.4, 0.5) is 0 Å². The zero-order valence-electron chi connectivity index (χ0n) is 15.1. The van der Waals surface area contributed by atoms with Crippen LogP contribution in [0.1, 0.15) is 43.7 Å². The van der Waals surface area contributed by atoms with Crippen LogP contribution in [0.5, 0.6) is 0 Å². The van der Waals surface area contributed by atoms with Crippen molar-refractivity contribution in [3.63, 3.8) is 0 Å². The molecule has 0 unspecified atom stereocenters. The van der Waals surface area contributed by atoms with Gasteiger partial charge in [0, 0.05) is 6.61 Å². The number of ether oxygens (including phenoxy) is 1. The van der Waals surface area contributed by atoms with E-state index in [-0.39, 0.29) is 18.0 Å². The molecule has 0 atom stereocenters. The first kappa shape index (κ1) is 20.0. The Labute approximate surface area is 158 Å². The average Bonchev–Trinajstić information content (AvgIpc) is 3.46. The molecule has 136 valence electrons. The van der Waals surface area contributed by atoms with Crippen molar-refractivity contribution in [3.8, 4) is 0 Å². The van der Waals surface area contributed by atoms with E-state index < -0.39 is 0 Å². The van der Waals surface area contributed by atoms with E-state index in [0.29, 0.717) is 6.61 Å². The van der Waals surface area contributed by atoms with Crippen LogP contribution < -0.4 is 5.32 Å². The van der Waals surface area contributed by atoms with Crippen molar-refractivity contribution in [1.82, 2.24) is 5.32 Å². The fourth-order valence-corrected chi connectivity index (χ4v) is 3.46. The average molecular weight is 360 g/mol. The van der Waals surface area contributed by atoms with Gasteiger partial charge in [0.1, 0.15) is 5.60 Å². The second-order valence-corrected chi connectivity index (χ2v) is 6.72. The summed E-state index contributed by atoms with van der Waals surface area (Å²) >= 11 is 0. The molecular weight excluding hydrogens is 330 g/mol. The normalized spacial score (nSPS) is 14.1. The van der Waals surface area contributed by atoms with Gasteiger partial charge in [-0.2, -0.15) is 0 Å². The smallest absolute Gasteiger partial charge is 0.119 e. The first-order valence-electron chi connectivity index (χ1n) is 9.31. The lowest BCUT2D eigenvalue weighted by Crippen LogP contribution is -2.35. The van der Waals surface area contributed by atoms with Crippen LogP contribution in [0.25, 0.3) is 0 Å². The monoisotopic (exact) mass is 359 g/mol. The van der Waals surface area contributed by atoms with Gasteiger partial charge in [-0.05, 0) is 49.9 Å². The van der Waals surface area contributed by atoms with Gasteiger partial charge in [-0.25, -0.2) is 0 Å². The van der Waals surface area contributed by atoms with Crippen molar-refractivity contribution in [1.29, 1.82) is 0 Å². The van der Waals surface area contributed by atoms with E-state index in [0.717, 1.165) is 25.4 Å². The van der Waals surface area contributed by atoms with Crippen LogP contribution in [0.3, 0.4) is 0 Å². The first-order chi connectivity index (χ1) is 11.8. The van der Waals surface area contributed by atoms with E-state index in [2.05, 4.69) is 72.9 Å². The van der Waals surface area contributed by atoms with Crippen molar-refractivity contribution in [3.05, 3.63) is 71.8 Å². The minimum atomic E-state index is -0.371. The zero-order valence-corrected chi connectivity index (χ0v) is 15.9. The molecule has 3 rings (SSSR count). The SMILES string of the molecule is CCOC(CCNCCC1CC1)(c1ccccc1)c1ccccc1.Cl. The predicted molar refractivity (Wildman–Crippen MR) is 107 cm³/mol.